The zero-order valence-corrected chi connectivity index (χ0v) is 15.4. The van der Waals surface area contributed by atoms with Crippen LogP contribution < -0.4 is 15.0 Å². The number of likely N-dealkylation sites (N-methyl/N-ethyl adjacent to an activating group) is 1. The van der Waals surface area contributed by atoms with Crippen LogP contribution in [0.1, 0.15) is 17.7 Å². The van der Waals surface area contributed by atoms with Gasteiger partial charge in [0, 0.05) is 24.1 Å². The van der Waals surface area contributed by atoms with Gasteiger partial charge in [0.2, 0.25) is 0 Å². The Kier molecular flexibility index (Phi) is 4.37. The lowest BCUT2D eigenvalue weighted by atomic mass is 10.1. The molecule has 1 aromatic carbocycles. The minimum atomic E-state index is -0.386. The molecule has 0 unspecified atom stereocenters. The molecular formula is C18H19N3O4S. The number of carbonyl (C=O) groups is 2. The molecule has 3 heterocycles. The molecule has 2 aliphatic heterocycles. The lowest BCUT2D eigenvalue weighted by molar-refractivity contribution is -0.124. The maximum Gasteiger partial charge on any atom is 0.264 e. The van der Waals surface area contributed by atoms with Crippen LogP contribution in [0.25, 0.3) is 11.3 Å². The van der Waals surface area contributed by atoms with E-state index in [9.17, 15) is 9.59 Å². The van der Waals surface area contributed by atoms with Crippen molar-refractivity contribution in [3.8, 4) is 17.0 Å². The fraction of sp³-hybridized carbons (Fsp3) is 0.389. The molecular weight excluding hydrogens is 354 g/mol. The molecule has 1 aromatic heterocycles. The smallest absolute Gasteiger partial charge is 0.264 e. The van der Waals surface area contributed by atoms with E-state index in [1.807, 2.05) is 25.1 Å². The molecule has 2 aromatic rings. The van der Waals surface area contributed by atoms with Crippen molar-refractivity contribution in [3.05, 3.63) is 23.1 Å². The summed E-state index contributed by atoms with van der Waals surface area (Å²) in [6.45, 7) is 2.64. The van der Waals surface area contributed by atoms with Crippen molar-refractivity contribution in [1.82, 2.24) is 4.98 Å². The van der Waals surface area contributed by atoms with E-state index in [4.69, 9.17) is 9.47 Å². The molecule has 1 atom stereocenters. The maximum absolute atomic E-state index is 12.2. The van der Waals surface area contributed by atoms with E-state index in [1.165, 1.54) is 11.3 Å². The van der Waals surface area contributed by atoms with Gasteiger partial charge in [-0.2, -0.15) is 0 Å². The highest BCUT2D eigenvalue weighted by Gasteiger charge is 2.26. The number of nitrogens with zero attached hydrogens (tertiary/aromatic N) is 2. The van der Waals surface area contributed by atoms with Gasteiger partial charge in [-0.05, 0) is 38.0 Å². The van der Waals surface area contributed by atoms with E-state index < -0.39 is 0 Å². The van der Waals surface area contributed by atoms with Gasteiger partial charge < -0.3 is 14.4 Å². The van der Waals surface area contributed by atoms with E-state index >= 15 is 0 Å². The summed E-state index contributed by atoms with van der Waals surface area (Å²) in [4.78, 5) is 31.2. The number of carbonyl (C=O) groups excluding carboxylic acids is 2. The number of hydrogen-bond donors (Lipinski definition) is 1. The average molecular weight is 373 g/mol. The predicted octanol–water partition coefficient (Wildman–Crippen LogP) is 2.59. The largest absolute Gasteiger partial charge is 0.482 e. The summed E-state index contributed by atoms with van der Waals surface area (Å²) in [6.07, 6.45) is 1.26. The normalized spacial score (nSPS) is 19.2. The Bertz CT molecular complexity index is 873. The lowest BCUT2D eigenvalue weighted by Crippen LogP contribution is -2.35. The number of rotatable bonds is 3. The number of benzene rings is 1. The minimum Gasteiger partial charge on any atom is -0.482 e. The molecule has 4 rings (SSSR count). The van der Waals surface area contributed by atoms with Crippen molar-refractivity contribution in [2.24, 2.45) is 0 Å². The standard InChI is InChI=1S/C18H19N3O4S/c1-10-16(19-18(26-10)20-17(23)14-4-3-7-24-14)11-5-6-13-12(8-11)21(2)15(22)9-25-13/h5-6,8,14H,3-4,7,9H2,1-2H3,(H,19,20,23)/t14-/m1/s1. The van der Waals surface area contributed by atoms with Crippen molar-refractivity contribution >= 4 is 34.0 Å². The fourth-order valence-corrected chi connectivity index (χ4v) is 3.95. The van der Waals surface area contributed by atoms with Crippen LogP contribution in [0.15, 0.2) is 18.2 Å². The number of fused-ring (bicyclic) bond motifs is 1. The fourth-order valence-electron chi connectivity index (χ4n) is 3.11. The number of thiazole rings is 1. The summed E-state index contributed by atoms with van der Waals surface area (Å²) in [5, 5.41) is 3.40. The summed E-state index contributed by atoms with van der Waals surface area (Å²) in [7, 11) is 1.73. The third kappa shape index (κ3) is 3.06. The second-order valence-electron chi connectivity index (χ2n) is 6.34. The molecule has 8 heteroatoms. The Labute approximate surface area is 154 Å². The van der Waals surface area contributed by atoms with Gasteiger partial charge in [0.15, 0.2) is 11.7 Å². The molecule has 2 aliphatic rings. The van der Waals surface area contributed by atoms with Crippen LogP contribution in [0.4, 0.5) is 10.8 Å². The van der Waals surface area contributed by atoms with Crippen LogP contribution in [0.2, 0.25) is 0 Å². The second-order valence-corrected chi connectivity index (χ2v) is 7.54. The Hall–Kier alpha value is -2.45. The van der Waals surface area contributed by atoms with E-state index in [1.54, 1.807) is 11.9 Å². The number of hydrogen-bond acceptors (Lipinski definition) is 6. The SMILES string of the molecule is Cc1sc(NC(=O)[C@H]2CCCO2)nc1-c1ccc2c(c1)N(C)C(=O)CO2. The first-order chi connectivity index (χ1) is 12.5. The van der Waals surface area contributed by atoms with Gasteiger partial charge >= 0.3 is 0 Å². The van der Waals surface area contributed by atoms with Crippen LogP contribution >= 0.6 is 11.3 Å². The first-order valence-electron chi connectivity index (χ1n) is 8.46. The van der Waals surface area contributed by atoms with Crippen molar-refractivity contribution in [3.63, 3.8) is 0 Å². The van der Waals surface area contributed by atoms with Crippen molar-refractivity contribution in [2.75, 3.05) is 30.5 Å². The van der Waals surface area contributed by atoms with Gasteiger partial charge in [-0.25, -0.2) is 4.98 Å². The quantitative estimate of drug-likeness (QED) is 0.894. The Morgan fingerprint density at radius 2 is 2.27 bits per heavy atom. The van der Waals surface area contributed by atoms with Crippen LogP contribution in [0.5, 0.6) is 5.75 Å². The molecule has 2 amide bonds. The highest BCUT2D eigenvalue weighted by molar-refractivity contribution is 7.16. The first-order valence-corrected chi connectivity index (χ1v) is 9.28. The monoisotopic (exact) mass is 373 g/mol. The maximum atomic E-state index is 12.2. The second kappa shape index (κ2) is 6.69. The number of amides is 2. The first kappa shape index (κ1) is 17.0. The zero-order chi connectivity index (χ0) is 18.3. The van der Waals surface area contributed by atoms with Crippen LogP contribution in [-0.4, -0.2) is 43.2 Å². The van der Waals surface area contributed by atoms with E-state index in [0.717, 1.165) is 34.7 Å². The number of nitrogens with one attached hydrogen (secondary N) is 1. The van der Waals surface area contributed by atoms with Crippen LogP contribution in [0, 0.1) is 6.92 Å². The van der Waals surface area contributed by atoms with Gasteiger partial charge in [-0.3, -0.25) is 14.9 Å². The molecule has 0 radical (unpaired) electrons. The molecule has 26 heavy (non-hydrogen) atoms. The van der Waals surface area contributed by atoms with E-state index in [0.29, 0.717) is 17.5 Å². The van der Waals surface area contributed by atoms with Crippen LogP contribution in [-0.2, 0) is 14.3 Å². The predicted molar refractivity (Wildman–Crippen MR) is 98.8 cm³/mol. The van der Waals surface area contributed by atoms with Gasteiger partial charge in [0.05, 0.1) is 11.4 Å². The number of anilines is 2. The molecule has 0 saturated carbocycles. The number of ether oxygens (including phenoxy) is 2. The molecule has 0 spiro atoms. The molecule has 1 N–H and O–H groups in total. The van der Waals surface area contributed by atoms with Crippen molar-refractivity contribution in [2.45, 2.75) is 25.9 Å². The lowest BCUT2D eigenvalue weighted by Gasteiger charge is -2.26. The zero-order valence-electron chi connectivity index (χ0n) is 14.6. The Morgan fingerprint density at radius 1 is 1.42 bits per heavy atom. The summed E-state index contributed by atoms with van der Waals surface area (Å²) >= 11 is 1.42. The van der Waals surface area contributed by atoms with Crippen molar-refractivity contribution < 1.29 is 19.1 Å². The molecule has 136 valence electrons. The summed E-state index contributed by atoms with van der Waals surface area (Å²) in [6, 6.07) is 5.65. The molecule has 0 aliphatic carbocycles. The van der Waals surface area contributed by atoms with Gasteiger partial charge in [0.1, 0.15) is 11.9 Å². The minimum absolute atomic E-state index is 0.0536. The summed E-state index contributed by atoms with van der Waals surface area (Å²) < 4.78 is 10.9. The Morgan fingerprint density at radius 3 is 3.04 bits per heavy atom. The van der Waals surface area contributed by atoms with Gasteiger partial charge in [-0.15, -0.1) is 11.3 Å². The van der Waals surface area contributed by atoms with E-state index in [2.05, 4.69) is 10.3 Å². The average Bonchev–Trinajstić information content (AvgIpc) is 3.28. The molecule has 1 saturated heterocycles. The summed E-state index contributed by atoms with van der Waals surface area (Å²) in [5.41, 5.74) is 2.38. The third-order valence-corrected chi connectivity index (χ3v) is 5.45. The van der Waals surface area contributed by atoms with E-state index in [-0.39, 0.29) is 24.5 Å². The topological polar surface area (TPSA) is 80.8 Å². The van der Waals surface area contributed by atoms with Gasteiger partial charge in [-0.1, -0.05) is 0 Å². The highest BCUT2D eigenvalue weighted by Crippen LogP contribution is 2.37. The Balaban J connectivity index is 1.59. The summed E-state index contributed by atoms with van der Waals surface area (Å²) in [5.74, 6) is 0.441. The van der Waals surface area contributed by atoms with Crippen molar-refractivity contribution in [1.29, 1.82) is 0 Å². The number of aryl methyl sites for hydroxylation is 1. The van der Waals surface area contributed by atoms with Crippen LogP contribution in [0.3, 0.4) is 0 Å². The molecule has 7 nitrogen and oxygen atoms in total. The highest BCUT2D eigenvalue weighted by atomic mass is 32.1. The molecule has 1 fully saturated rings. The number of aromatic nitrogens is 1. The third-order valence-electron chi connectivity index (χ3n) is 4.57. The molecule has 0 bridgehead atoms. The van der Waals surface area contributed by atoms with Gasteiger partial charge in [0.25, 0.3) is 11.8 Å².